The number of hydrogen-bond acceptors (Lipinski definition) is 2. The van der Waals surface area contributed by atoms with Crippen molar-refractivity contribution in [2.75, 3.05) is 6.44 Å². The van der Waals surface area contributed by atoms with Gasteiger partial charge in [0.15, 0.2) is 0 Å². The molecule has 3 N–H and O–H groups in total. The van der Waals surface area contributed by atoms with Gasteiger partial charge in [0.1, 0.15) is 7.28 Å². The summed E-state index contributed by atoms with van der Waals surface area (Å²) in [6.07, 6.45) is 4.98. The first-order valence-corrected chi connectivity index (χ1v) is 8.72. The molecule has 2 rings (SSSR count). The Morgan fingerprint density at radius 1 is 1.45 bits per heavy atom. The average Bonchev–Trinajstić information content (AvgIpc) is 2.44. The zero-order chi connectivity index (χ0) is 15.1. The average molecular weight is 294 g/mol. The Labute approximate surface area is 128 Å². The van der Waals surface area contributed by atoms with E-state index in [1.54, 1.807) is 0 Å². The number of fused-ring (bicyclic) bond motifs is 2. The fourth-order valence-corrected chi connectivity index (χ4v) is 6.26. The van der Waals surface area contributed by atoms with Crippen LogP contribution < -0.4 is 11.1 Å². The lowest BCUT2D eigenvalue weighted by molar-refractivity contribution is 0.103. The molecule has 0 radical (unpaired) electrons. The summed E-state index contributed by atoms with van der Waals surface area (Å²) in [5.41, 5.74) is 7.82. The van der Waals surface area contributed by atoms with Crippen LogP contribution in [-0.4, -0.2) is 24.4 Å². The van der Waals surface area contributed by atoms with Gasteiger partial charge in [0.05, 0.1) is 0 Å². The van der Waals surface area contributed by atoms with Crippen LogP contribution >= 0.6 is 9.24 Å². The molecule has 0 spiro atoms. The number of allylic oxidation sites excluding steroid dienone is 1. The Bertz CT molecular complexity index is 381. The van der Waals surface area contributed by atoms with Crippen LogP contribution in [0.25, 0.3) is 0 Å². The second-order valence-electron chi connectivity index (χ2n) is 7.90. The molecular formula is C16H32BN2P. The van der Waals surface area contributed by atoms with E-state index in [-0.39, 0.29) is 5.54 Å². The monoisotopic (exact) mass is 294 g/mol. The van der Waals surface area contributed by atoms with E-state index >= 15 is 0 Å². The number of nitrogens with one attached hydrogen (secondary N) is 1. The van der Waals surface area contributed by atoms with E-state index in [1.807, 2.05) is 6.92 Å². The topological polar surface area (TPSA) is 38.0 Å². The molecule has 114 valence electrons. The Morgan fingerprint density at radius 2 is 2.10 bits per heavy atom. The maximum atomic E-state index is 6.71. The van der Waals surface area contributed by atoms with Crippen LogP contribution in [0.2, 0.25) is 6.32 Å². The second-order valence-corrected chi connectivity index (χ2v) is 9.15. The molecular weight excluding hydrogens is 262 g/mol. The van der Waals surface area contributed by atoms with E-state index in [0.29, 0.717) is 11.1 Å². The molecule has 5 unspecified atom stereocenters. The summed E-state index contributed by atoms with van der Waals surface area (Å²) in [5, 5.41) is 3.64. The summed E-state index contributed by atoms with van der Waals surface area (Å²) in [7, 11) is 4.42. The standard InChI is InChI=1S/C16H32BN2P/c1-10(2)19-9-17-8-13-7-12-6-11(3)14(15(12,4)18)16(13,5)20/h11-14,17,19H,1,6-9,18,20H2,2-5H3/t11?,12?,13-,14?,15?,16+/m0/s1. The second kappa shape index (κ2) is 5.65. The highest BCUT2D eigenvalue weighted by atomic mass is 31.0. The highest BCUT2D eigenvalue weighted by Gasteiger charge is 2.60. The number of rotatable bonds is 5. The molecule has 20 heavy (non-hydrogen) atoms. The van der Waals surface area contributed by atoms with Gasteiger partial charge in [-0.25, -0.2) is 0 Å². The summed E-state index contributed by atoms with van der Waals surface area (Å²) in [6, 6.07) is 0. The fourth-order valence-electron chi connectivity index (χ4n) is 5.27. The third kappa shape index (κ3) is 2.81. The first-order valence-electron chi connectivity index (χ1n) is 8.14. The Morgan fingerprint density at radius 3 is 2.70 bits per heavy atom. The lowest BCUT2D eigenvalue weighted by atomic mass is 9.56. The van der Waals surface area contributed by atoms with E-state index in [4.69, 9.17) is 5.73 Å². The van der Waals surface area contributed by atoms with Gasteiger partial charge in [-0.15, -0.1) is 9.24 Å². The predicted molar refractivity (Wildman–Crippen MR) is 94.3 cm³/mol. The van der Waals surface area contributed by atoms with Gasteiger partial charge in [-0.05, 0) is 67.7 Å². The maximum Gasteiger partial charge on any atom is 0.145 e. The van der Waals surface area contributed by atoms with Gasteiger partial charge in [0, 0.05) is 5.54 Å². The highest BCUT2D eigenvalue weighted by molar-refractivity contribution is 7.19. The van der Waals surface area contributed by atoms with Crippen molar-refractivity contribution in [3.05, 3.63) is 12.3 Å². The van der Waals surface area contributed by atoms with Crippen molar-refractivity contribution in [3.8, 4) is 0 Å². The minimum absolute atomic E-state index is 0.0301. The Kier molecular flexibility index (Phi) is 4.62. The van der Waals surface area contributed by atoms with Crippen molar-refractivity contribution >= 4 is 16.5 Å². The Hall–Kier alpha value is -0.00506. The molecule has 2 nitrogen and oxygen atoms in total. The SMILES string of the molecule is C=C(C)NCBC[C@@H]1CC2CC(C)C(C2(C)N)[C@]1(C)P. The van der Waals surface area contributed by atoms with Crippen LogP contribution in [-0.2, 0) is 0 Å². The molecule has 2 saturated carbocycles. The molecule has 2 bridgehead atoms. The van der Waals surface area contributed by atoms with Crippen molar-refractivity contribution in [1.29, 1.82) is 0 Å². The quantitative estimate of drug-likeness (QED) is 0.464. The van der Waals surface area contributed by atoms with Gasteiger partial charge in [-0.3, -0.25) is 0 Å². The minimum Gasteiger partial charge on any atom is -0.397 e. The van der Waals surface area contributed by atoms with Crippen LogP contribution in [0.4, 0.5) is 0 Å². The summed E-state index contributed by atoms with van der Waals surface area (Å²) in [5.74, 6) is 2.90. The van der Waals surface area contributed by atoms with Gasteiger partial charge in [-0.2, -0.15) is 0 Å². The normalized spacial score (nSPS) is 47.1. The molecule has 0 heterocycles. The van der Waals surface area contributed by atoms with E-state index in [9.17, 15) is 0 Å². The largest absolute Gasteiger partial charge is 0.397 e. The van der Waals surface area contributed by atoms with Crippen molar-refractivity contribution in [2.24, 2.45) is 29.4 Å². The van der Waals surface area contributed by atoms with Crippen LogP contribution in [0.3, 0.4) is 0 Å². The molecule has 7 atom stereocenters. The molecule has 2 aliphatic carbocycles. The smallest absolute Gasteiger partial charge is 0.145 e. The Balaban J connectivity index is 2.01. The van der Waals surface area contributed by atoms with E-state index < -0.39 is 0 Å². The lowest BCUT2D eigenvalue weighted by Gasteiger charge is -2.53. The van der Waals surface area contributed by atoms with Crippen LogP contribution in [0.5, 0.6) is 0 Å². The lowest BCUT2D eigenvalue weighted by Crippen LogP contribution is -2.60. The third-order valence-electron chi connectivity index (χ3n) is 6.05. The van der Waals surface area contributed by atoms with Crippen molar-refractivity contribution in [3.63, 3.8) is 0 Å². The highest BCUT2D eigenvalue weighted by Crippen LogP contribution is 2.61. The van der Waals surface area contributed by atoms with Gasteiger partial charge in [0.2, 0.25) is 0 Å². The van der Waals surface area contributed by atoms with Crippen molar-refractivity contribution < 1.29 is 0 Å². The maximum absolute atomic E-state index is 6.71. The molecule has 4 heteroatoms. The van der Waals surface area contributed by atoms with Gasteiger partial charge >= 0.3 is 0 Å². The first-order chi connectivity index (χ1) is 9.17. The molecule has 2 aliphatic rings. The summed E-state index contributed by atoms with van der Waals surface area (Å²) in [6.45, 7) is 13.1. The molecule has 0 aromatic carbocycles. The van der Waals surface area contributed by atoms with E-state index in [2.05, 4.69) is 41.9 Å². The number of nitrogens with two attached hydrogens (primary N) is 1. The zero-order valence-corrected chi connectivity index (χ0v) is 14.9. The van der Waals surface area contributed by atoms with E-state index in [0.717, 1.165) is 29.9 Å². The third-order valence-corrected chi connectivity index (χ3v) is 6.88. The van der Waals surface area contributed by atoms with Gasteiger partial charge in [-0.1, -0.05) is 26.7 Å². The summed E-state index contributed by atoms with van der Waals surface area (Å²) in [4.78, 5) is 0. The van der Waals surface area contributed by atoms with Crippen LogP contribution in [0.1, 0.15) is 40.5 Å². The van der Waals surface area contributed by atoms with Crippen molar-refractivity contribution in [1.82, 2.24) is 5.32 Å². The van der Waals surface area contributed by atoms with Gasteiger partial charge < -0.3 is 11.1 Å². The zero-order valence-electron chi connectivity index (χ0n) is 13.7. The fraction of sp³-hybridized carbons (Fsp3) is 0.875. The number of hydrogen-bond donors (Lipinski definition) is 2. The van der Waals surface area contributed by atoms with E-state index in [1.165, 1.54) is 26.4 Å². The van der Waals surface area contributed by atoms with Crippen LogP contribution in [0.15, 0.2) is 12.3 Å². The molecule has 0 amide bonds. The summed E-state index contributed by atoms with van der Waals surface area (Å²) < 4.78 is 0. The van der Waals surface area contributed by atoms with Crippen molar-refractivity contribution in [2.45, 2.75) is 57.6 Å². The molecule has 0 aromatic rings. The molecule has 0 aliphatic heterocycles. The molecule has 0 saturated heterocycles. The molecule has 0 aromatic heterocycles. The minimum atomic E-state index is 0.0301. The first kappa shape index (κ1) is 16.4. The van der Waals surface area contributed by atoms with Crippen LogP contribution in [0, 0.1) is 23.7 Å². The molecule has 2 fully saturated rings. The predicted octanol–water partition coefficient (Wildman–Crippen LogP) is 2.57. The summed E-state index contributed by atoms with van der Waals surface area (Å²) >= 11 is 0. The van der Waals surface area contributed by atoms with Gasteiger partial charge in [0.25, 0.3) is 0 Å².